The topological polar surface area (TPSA) is 145 Å². The molecule has 4 saturated heterocycles. The van der Waals surface area contributed by atoms with E-state index in [1.165, 1.54) is 0 Å². The van der Waals surface area contributed by atoms with Crippen LogP contribution in [0.4, 0.5) is 0 Å². The molecule has 0 aliphatic carbocycles. The third kappa shape index (κ3) is 11.9. The van der Waals surface area contributed by atoms with Gasteiger partial charge in [0.05, 0.1) is 0 Å². The van der Waals surface area contributed by atoms with E-state index in [4.69, 9.17) is 18.9 Å². The van der Waals surface area contributed by atoms with Gasteiger partial charge in [-0.1, -0.05) is 0 Å². The van der Waals surface area contributed by atoms with Crippen LogP contribution in [0.25, 0.3) is 0 Å². The number of esters is 4. The van der Waals surface area contributed by atoms with Gasteiger partial charge in [0.1, 0.15) is 24.4 Å². The largest absolute Gasteiger partial charge is 0.462 e. The van der Waals surface area contributed by atoms with E-state index in [1.54, 1.807) is 0 Å². The van der Waals surface area contributed by atoms with E-state index >= 15 is 0 Å². The number of hydrogen-bond acceptors (Lipinski definition) is 12. The third-order valence-corrected chi connectivity index (χ3v) is 12.2. The molecule has 55 heavy (non-hydrogen) atoms. The Morgan fingerprint density at radius 3 is 0.782 bits per heavy atom. The number of nitrogens with zero attached hydrogens (tertiary/aromatic N) is 1. The number of nitrogens with one attached hydrogen (secondary N) is 3. The molecule has 0 radical (unpaired) electrons. The molecule has 4 aliphatic heterocycles. The van der Waals surface area contributed by atoms with Crippen molar-refractivity contribution in [1.82, 2.24) is 20.9 Å². The maximum absolute atomic E-state index is 14.7. The molecule has 0 saturated carbocycles. The predicted octanol–water partition coefficient (Wildman–Crippen LogP) is 5.97. The molecule has 0 aromatic rings. The maximum atomic E-state index is 14.7. The van der Waals surface area contributed by atoms with Crippen molar-refractivity contribution in [3.05, 3.63) is 0 Å². The van der Waals surface area contributed by atoms with E-state index in [0.29, 0.717) is 51.4 Å². The van der Waals surface area contributed by atoms with Crippen molar-refractivity contribution >= 4 is 23.9 Å². The van der Waals surface area contributed by atoms with E-state index < -0.39 is 60.1 Å². The lowest BCUT2D eigenvalue weighted by atomic mass is 9.78. The van der Waals surface area contributed by atoms with Gasteiger partial charge in [0.2, 0.25) is 0 Å². The SMILES string of the molecule is CN1C(C)(C)CC(OC(=O)C(C(=O)OC2CC(C)(C)NC(C)(C)C2)C(C(=O)OC2CC(C)(C)NC(C)(C)C2)C(=O)OC2CC(C)(C)NC(C)(C)C2)CC1(C)C. The fraction of sp³-hybridized carbons (Fsp3) is 0.907. The number of piperidine rings is 4. The molecule has 0 bridgehead atoms. The van der Waals surface area contributed by atoms with Gasteiger partial charge in [-0.3, -0.25) is 24.1 Å². The smallest absolute Gasteiger partial charge is 0.322 e. The summed E-state index contributed by atoms with van der Waals surface area (Å²) in [6, 6.07) is 0. The molecule has 0 spiro atoms. The fourth-order valence-electron chi connectivity index (χ4n) is 11.0. The second kappa shape index (κ2) is 15.1. The lowest BCUT2D eigenvalue weighted by molar-refractivity contribution is -0.192. The minimum Gasteiger partial charge on any atom is -0.462 e. The summed E-state index contributed by atoms with van der Waals surface area (Å²) in [5, 5.41) is 10.8. The minimum atomic E-state index is -1.93. The zero-order valence-corrected chi connectivity index (χ0v) is 37.3. The highest BCUT2D eigenvalue weighted by atomic mass is 16.6. The van der Waals surface area contributed by atoms with Crippen molar-refractivity contribution in [3.63, 3.8) is 0 Å². The normalized spacial score (nSPS) is 28.1. The average Bonchev–Trinajstić information content (AvgIpc) is 2.88. The molecular formula is C43H76N4O8. The van der Waals surface area contributed by atoms with Crippen molar-refractivity contribution in [2.45, 2.75) is 231 Å². The van der Waals surface area contributed by atoms with E-state index in [2.05, 4.69) is 55.6 Å². The molecule has 4 fully saturated rings. The van der Waals surface area contributed by atoms with Crippen LogP contribution in [0.5, 0.6) is 0 Å². The van der Waals surface area contributed by atoms with Gasteiger partial charge in [0.15, 0.2) is 11.8 Å². The maximum Gasteiger partial charge on any atom is 0.322 e. The van der Waals surface area contributed by atoms with Crippen LogP contribution < -0.4 is 16.0 Å². The Morgan fingerprint density at radius 1 is 0.400 bits per heavy atom. The highest BCUT2D eigenvalue weighted by molar-refractivity contribution is 6.07. The zero-order valence-electron chi connectivity index (χ0n) is 37.3. The monoisotopic (exact) mass is 777 g/mol. The van der Waals surface area contributed by atoms with Crippen LogP contribution in [-0.4, -0.2) is 105 Å². The van der Waals surface area contributed by atoms with Crippen LogP contribution in [0.3, 0.4) is 0 Å². The first-order valence-electron chi connectivity index (χ1n) is 20.6. The number of ether oxygens (including phenoxy) is 4. The molecule has 316 valence electrons. The van der Waals surface area contributed by atoms with Crippen LogP contribution in [0.2, 0.25) is 0 Å². The zero-order chi connectivity index (χ0) is 42.0. The lowest BCUT2D eigenvalue weighted by Gasteiger charge is -2.53. The Kier molecular flexibility index (Phi) is 12.5. The number of hydrogen-bond donors (Lipinski definition) is 3. The summed E-state index contributed by atoms with van der Waals surface area (Å²) in [5.41, 5.74) is -2.96. The van der Waals surface area contributed by atoms with Gasteiger partial charge < -0.3 is 34.9 Å². The van der Waals surface area contributed by atoms with Gasteiger partial charge in [0.25, 0.3) is 0 Å². The van der Waals surface area contributed by atoms with Crippen LogP contribution in [-0.2, 0) is 38.1 Å². The molecule has 0 amide bonds. The highest BCUT2D eigenvalue weighted by Crippen LogP contribution is 2.40. The van der Waals surface area contributed by atoms with Crippen LogP contribution >= 0.6 is 0 Å². The van der Waals surface area contributed by atoms with Crippen molar-refractivity contribution in [3.8, 4) is 0 Å². The highest BCUT2D eigenvalue weighted by Gasteiger charge is 2.54. The number of carbonyl (C=O) groups excluding carboxylic acids is 4. The quantitative estimate of drug-likeness (QED) is 0.144. The second-order valence-electron chi connectivity index (χ2n) is 22.7. The molecule has 4 heterocycles. The van der Waals surface area contributed by atoms with Gasteiger partial charge >= 0.3 is 23.9 Å². The molecule has 3 N–H and O–H groups in total. The number of rotatable bonds is 9. The molecule has 12 nitrogen and oxygen atoms in total. The first-order valence-corrected chi connectivity index (χ1v) is 20.6. The van der Waals surface area contributed by atoms with E-state index in [-0.39, 0.29) is 44.3 Å². The molecule has 12 heteroatoms. The van der Waals surface area contributed by atoms with Gasteiger partial charge in [-0.2, -0.15) is 0 Å². The Balaban J connectivity index is 1.76. The Bertz CT molecular complexity index is 1350. The Morgan fingerprint density at radius 2 is 0.582 bits per heavy atom. The first-order chi connectivity index (χ1) is 24.6. The van der Waals surface area contributed by atoms with Crippen molar-refractivity contribution in [2.24, 2.45) is 11.8 Å². The summed E-state index contributed by atoms with van der Waals surface area (Å²) < 4.78 is 24.8. The molecule has 1 atom stereocenters. The van der Waals surface area contributed by atoms with Gasteiger partial charge in [-0.15, -0.1) is 0 Å². The second-order valence-corrected chi connectivity index (χ2v) is 22.7. The molecular weight excluding hydrogens is 700 g/mol. The van der Waals surface area contributed by atoms with Crippen molar-refractivity contribution in [2.75, 3.05) is 7.05 Å². The summed E-state index contributed by atoms with van der Waals surface area (Å²) in [7, 11) is 2.05. The standard InChI is InChI=1S/C43H76N4O8/c1-36(2)18-26(19-37(3,4)44-36)52-32(48)30(33(49)53-27-20-38(5,6)45-39(7,8)21-27)31(34(50)54-28-22-40(9,10)46-41(11,12)23-28)35(51)55-29-24-42(13,14)47(17)43(15,16)25-29/h26-31,44-46H,18-25H2,1-17H3. The summed E-state index contributed by atoms with van der Waals surface area (Å²) in [6.45, 7) is 32.7. The molecule has 4 aliphatic rings. The first kappa shape index (κ1) is 45.4. The summed E-state index contributed by atoms with van der Waals surface area (Å²) in [5.74, 6) is -7.79. The van der Waals surface area contributed by atoms with Crippen LogP contribution in [0.1, 0.15) is 162 Å². The van der Waals surface area contributed by atoms with E-state index in [9.17, 15) is 19.2 Å². The van der Waals surface area contributed by atoms with E-state index in [1.807, 2.05) is 83.1 Å². The molecule has 0 aromatic carbocycles. The van der Waals surface area contributed by atoms with Gasteiger partial charge in [0, 0.05) is 95.7 Å². The summed E-state index contributed by atoms with van der Waals surface area (Å²) in [6.07, 6.45) is 1.49. The average molecular weight is 777 g/mol. The molecule has 4 rings (SSSR count). The van der Waals surface area contributed by atoms with Crippen molar-refractivity contribution in [1.29, 1.82) is 0 Å². The molecule has 1 unspecified atom stereocenters. The molecule has 0 aromatic heterocycles. The number of carbonyl (C=O) groups is 4. The fourth-order valence-corrected chi connectivity index (χ4v) is 11.0. The summed E-state index contributed by atoms with van der Waals surface area (Å²) in [4.78, 5) is 61.0. The third-order valence-electron chi connectivity index (χ3n) is 12.2. The summed E-state index contributed by atoms with van der Waals surface area (Å²) >= 11 is 0. The predicted molar refractivity (Wildman–Crippen MR) is 213 cm³/mol. The Labute approximate surface area is 332 Å². The van der Waals surface area contributed by atoms with Gasteiger partial charge in [-0.25, -0.2) is 0 Å². The Hall–Kier alpha value is -2.28. The minimum absolute atomic E-state index is 0.338. The van der Waals surface area contributed by atoms with Crippen molar-refractivity contribution < 1.29 is 38.1 Å². The van der Waals surface area contributed by atoms with Crippen LogP contribution in [0.15, 0.2) is 0 Å². The van der Waals surface area contributed by atoms with Gasteiger partial charge in [-0.05, 0) is 118 Å². The van der Waals surface area contributed by atoms with Crippen LogP contribution in [0, 0.1) is 11.8 Å². The van der Waals surface area contributed by atoms with E-state index in [0.717, 1.165) is 0 Å². The lowest BCUT2D eigenvalue weighted by Crippen LogP contribution is -2.61. The number of likely N-dealkylation sites (tertiary alicyclic amines) is 1.